The van der Waals surface area contributed by atoms with Gasteiger partial charge in [-0.05, 0) is 24.1 Å². The van der Waals surface area contributed by atoms with Crippen LogP contribution in [0.3, 0.4) is 0 Å². The molecule has 2 heterocycles. The third kappa shape index (κ3) is 5.67. The van der Waals surface area contributed by atoms with Gasteiger partial charge < -0.3 is 25.4 Å². The molecule has 3 rings (SSSR count). The lowest BCUT2D eigenvalue weighted by Crippen LogP contribution is -2.45. The summed E-state index contributed by atoms with van der Waals surface area (Å²) in [5.74, 6) is 0.970. The molecule has 1 amide bonds. The van der Waals surface area contributed by atoms with E-state index in [4.69, 9.17) is 9.47 Å². The van der Waals surface area contributed by atoms with Gasteiger partial charge in [0.25, 0.3) is 0 Å². The zero-order valence-corrected chi connectivity index (χ0v) is 15.5. The quantitative estimate of drug-likeness (QED) is 0.603. The molecule has 0 aromatic heterocycles. The number of carbonyl (C=O) groups is 1. The molecule has 2 saturated heterocycles. The average molecular weight is 362 g/mol. The van der Waals surface area contributed by atoms with Crippen LogP contribution in [-0.2, 0) is 16.1 Å². The molecule has 2 aliphatic heterocycles. The molecule has 2 unspecified atom stereocenters. The van der Waals surface area contributed by atoms with E-state index < -0.39 is 0 Å². The topological polar surface area (TPSA) is 74.9 Å². The summed E-state index contributed by atoms with van der Waals surface area (Å²) in [4.78, 5) is 14.6. The fraction of sp³-hybridized carbons (Fsp3) is 0.632. The molecule has 0 radical (unpaired) electrons. The molecule has 1 aromatic rings. The van der Waals surface area contributed by atoms with Crippen LogP contribution < -0.4 is 20.7 Å². The van der Waals surface area contributed by atoms with Crippen LogP contribution in [0.5, 0.6) is 5.75 Å². The van der Waals surface area contributed by atoms with Gasteiger partial charge in [0, 0.05) is 45.3 Å². The van der Waals surface area contributed by atoms with E-state index in [2.05, 4.69) is 33.0 Å². The molecule has 3 N–H and O–H groups in total. The van der Waals surface area contributed by atoms with E-state index in [0.717, 1.165) is 58.1 Å². The van der Waals surface area contributed by atoms with Gasteiger partial charge in [0.15, 0.2) is 0 Å². The molecule has 2 atom stereocenters. The number of rotatable bonds is 8. The SMILES string of the molecule is COc1ccc(CNC2CNC(C(=O)NCCN3CCOCC3)C2)cc1. The molecular formula is C19H30N4O3. The number of morpholine rings is 1. The molecule has 2 aliphatic rings. The first-order valence-corrected chi connectivity index (χ1v) is 9.42. The van der Waals surface area contributed by atoms with Gasteiger partial charge in [-0.3, -0.25) is 9.69 Å². The van der Waals surface area contributed by atoms with Crippen LogP contribution in [0.4, 0.5) is 0 Å². The van der Waals surface area contributed by atoms with Crippen LogP contribution in [0.15, 0.2) is 24.3 Å². The highest BCUT2D eigenvalue weighted by Crippen LogP contribution is 2.12. The van der Waals surface area contributed by atoms with Gasteiger partial charge in [-0.25, -0.2) is 0 Å². The Labute approximate surface area is 155 Å². The number of carbonyl (C=O) groups excluding carboxylic acids is 1. The fourth-order valence-corrected chi connectivity index (χ4v) is 3.38. The summed E-state index contributed by atoms with van der Waals surface area (Å²) >= 11 is 0. The van der Waals surface area contributed by atoms with Crippen molar-refractivity contribution in [2.45, 2.75) is 25.0 Å². The van der Waals surface area contributed by atoms with Crippen molar-refractivity contribution in [1.82, 2.24) is 20.9 Å². The minimum Gasteiger partial charge on any atom is -0.497 e. The van der Waals surface area contributed by atoms with E-state index >= 15 is 0 Å². The minimum atomic E-state index is -0.104. The molecule has 0 saturated carbocycles. The van der Waals surface area contributed by atoms with Crippen LogP contribution in [0.25, 0.3) is 0 Å². The second-order valence-electron chi connectivity index (χ2n) is 6.87. The third-order valence-corrected chi connectivity index (χ3v) is 5.03. The zero-order chi connectivity index (χ0) is 18.2. The number of nitrogens with one attached hydrogen (secondary N) is 3. The summed E-state index contributed by atoms with van der Waals surface area (Å²) in [5, 5.41) is 9.90. The Morgan fingerprint density at radius 1 is 1.31 bits per heavy atom. The number of benzene rings is 1. The van der Waals surface area contributed by atoms with E-state index in [9.17, 15) is 4.79 Å². The van der Waals surface area contributed by atoms with Crippen molar-refractivity contribution in [3.05, 3.63) is 29.8 Å². The second-order valence-corrected chi connectivity index (χ2v) is 6.87. The van der Waals surface area contributed by atoms with Crippen LogP contribution in [0, 0.1) is 0 Å². The maximum Gasteiger partial charge on any atom is 0.237 e. The first kappa shape index (κ1) is 19.1. The predicted molar refractivity (Wildman–Crippen MR) is 100 cm³/mol. The Bertz CT molecular complexity index is 560. The smallest absolute Gasteiger partial charge is 0.237 e. The second kappa shape index (κ2) is 9.87. The van der Waals surface area contributed by atoms with Crippen molar-refractivity contribution in [2.24, 2.45) is 0 Å². The molecule has 0 bridgehead atoms. The summed E-state index contributed by atoms with van der Waals surface area (Å²) in [6.07, 6.45) is 0.819. The van der Waals surface area contributed by atoms with E-state index in [1.807, 2.05) is 12.1 Å². The van der Waals surface area contributed by atoms with Gasteiger partial charge in [0.2, 0.25) is 5.91 Å². The molecule has 7 nitrogen and oxygen atoms in total. The fourth-order valence-electron chi connectivity index (χ4n) is 3.38. The molecule has 7 heteroatoms. The van der Waals surface area contributed by atoms with Crippen LogP contribution in [0.2, 0.25) is 0 Å². The summed E-state index contributed by atoms with van der Waals surface area (Å²) in [7, 11) is 1.67. The molecule has 144 valence electrons. The van der Waals surface area contributed by atoms with Gasteiger partial charge in [-0.1, -0.05) is 12.1 Å². The number of ether oxygens (including phenoxy) is 2. The van der Waals surface area contributed by atoms with Gasteiger partial charge in [-0.2, -0.15) is 0 Å². The Morgan fingerprint density at radius 2 is 2.08 bits per heavy atom. The average Bonchev–Trinajstić information content (AvgIpc) is 3.17. The minimum absolute atomic E-state index is 0.104. The van der Waals surface area contributed by atoms with Gasteiger partial charge in [0.05, 0.1) is 26.4 Å². The number of methoxy groups -OCH3 is 1. The number of hydrogen-bond acceptors (Lipinski definition) is 6. The first-order chi connectivity index (χ1) is 12.7. The van der Waals surface area contributed by atoms with Crippen molar-refractivity contribution in [3.8, 4) is 5.75 Å². The Morgan fingerprint density at radius 3 is 2.81 bits per heavy atom. The van der Waals surface area contributed by atoms with Crippen LogP contribution >= 0.6 is 0 Å². The normalized spacial score (nSPS) is 23.7. The van der Waals surface area contributed by atoms with Crippen LogP contribution in [-0.4, -0.2) is 75.9 Å². The van der Waals surface area contributed by atoms with E-state index in [-0.39, 0.29) is 11.9 Å². The lowest BCUT2D eigenvalue weighted by atomic mass is 10.1. The zero-order valence-electron chi connectivity index (χ0n) is 15.5. The lowest BCUT2D eigenvalue weighted by Gasteiger charge is -2.26. The number of hydrogen-bond donors (Lipinski definition) is 3. The van der Waals surface area contributed by atoms with Crippen molar-refractivity contribution < 1.29 is 14.3 Å². The summed E-state index contributed by atoms with van der Waals surface area (Å²) in [6, 6.07) is 8.26. The van der Waals surface area contributed by atoms with Gasteiger partial charge >= 0.3 is 0 Å². The van der Waals surface area contributed by atoms with Gasteiger partial charge in [0.1, 0.15) is 5.75 Å². The maximum absolute atomic E-state index is 12.3. The molecule has 2 fully saturated rings. The Kier molecular flexibility index (Phi) is 7.25. The summed E-state index contributed by atoms with van der Waals surface area (Å²) in [6.45, 7) is 6.69. The molecule has 1 aromatic carbocycles. The number of amides is 1. The molecule has 0 aliphatic carbocycles. The van der Waals surface area contributed by atoms with Crippen molar-refractivity contribution in [1.29, 1.82) is 0 Å². The Balaban J connectivity index is 1.32. The van der Waals surface area contributed by atoms with Crippen molar-refractivity contribution in [3.63, 3.8) is 0 Å². The van der Waals surface area contributed by atoms with Gasteiger partial charge in [-0.15, -0.1) is 0 Å². The predicted octanol–water partition coefficient (Wildman–Crippen LogP) is -0.0363. The highest BCUT2D eigenvalue weighted by atomic mass is 16.5. The molecule has 0 spiro atoms. The van der Waals surface area contributed by atoms with E-state index in [1.165, 1.54) is 5.56 Å². The van der Waals surface area contributed by atoms with E-state index in [1.54, 1.807) is 7.11 Å². The number of nitrogens with zero attached hydrogens (tertiary/aromatic N) is 1. The summed E-state index contributed by atoms with van der Waals surface area (Å²) in [5.41, 5.74) is 1.21. The third-order valence-electron chi connectivity index (χ3n) is 5.03. The highest BCUT2D eigenvalue weighted by Gasteiger charge is 2.28. The van der Waals surface area contributed by atoms with Crippen LogP contribution in [0.1, 0.15) is 12.0 Å². The van der Waals surface area contributed by atoms with E-state index in [0.29, 0.717) is 12.6 Å². The summed E-state index contributed by atoms with van der Waals surface area (Å²) < 4.78 is 10.5. The highest BCUT2D eigenvalue weighted by molar-refractivity contribution is 5.82. The standard InChI is InChI=1S/C19H30N4O3/c1-25-17-4-2-15(3-5-17)13-21-16-12-18(22-14-16)19(24)20-6-7-23-8-10-26-11-9-23/h2-5,16,18,21-22H,6-14H2,1H3,(H,20,24). The van der Waals surface area contributed by atoms with Crippen molar-refractivity contribution >= 4 is 5.91 Å². The molecular weight excluding hydrogens is 332 g/mol. The first-order valence-electron chi connectivity index (χ1n) is 9.42. The molecule has 26 heavy (non-hydrogen) atoms. The largest absolute Gasteiger partial charge is 0.497 e. The maximum atomic E-state index is 12.3. The lowest BCUT2D eigenvalue weighted by molar-refractivity contribution is -0.122. The Hall–Kier alpha value is -1.67. The van der Waals surface area contributed by atoms with Crippen molar-refractivity contribution in [2.75, 3.05) is 53.0 Å². The monoisotopic (exact) mass is 362 g/mol.